The Kier molecular flexibility index (Phi) is 4.97. The number of amidine groups is 1. The van der Waals surface area contributed by atoms with Crippen molar-refractivity contribution in [1.29, 1.82) is 0 Å². The first-order valence-corrected chi connectivity index (χ1v) is 8.73. The van der Waals surface area contributed by atoms with Gasteiger partial charge in [0, 0.05) is 5.56 Å². The maximum Gasteiger partial charge on any atom is 0.201 e. The summed E-state index contributed by atoms with van der Waals surface area (Å²) in [6.45, 7) is 0. The van der Waals surface area contributed by atoms with Gasteiger partial charge in [0.1, 0.15) is 0 Å². The average Bonchev–Trinajstić information content (AvgIpc) is 2.75. The lowest BCUT2D eigenvalue weighted by molar-refractivity contribution is 1.22. The van der Waals surface area contributed by atoms with Gasteiger partial charge in [-0.15, -0.1) is 10.2 Å². The second-order valence-electron chi connectivity index (χ2n) is 6.01. The van der Waals surface area contributed by atoms with Crippen molar-refractivity contribution >= 4 is 28.0 Å². The molecule has 0 atom stereocenters. The molecule has 0 spiro atoms. The molecule has 4 rings (SSSR count). The second-order valence-corrected chi connectivity index (χ2v) is 6.01. The zero-order valence-corrected chi connectivity index (χ0v) is 14.7. The third-order valence-corrected chi connectivity index (χ3v) is 4.09. The van der Waals surface area contributed by atoms with Gasteiger partial charge in [0.05, 0.1) is 11.4 Å². The summed E-state index contributed by atoms with van der Waals surface area (Å²) in [5, 5.41) is 15.5. The van der Waals surface area contributed by atoms with Crippen LogP contribution in [-0.4, -0.2) is 5.84 Å². The van der Waals surface area contributed by atoms with Crippen LogP contribution in [0.2, 0.25) is 0 Å². The molecule has 0 heterocycles. The van der Waals surface area contributed by atoms with Crippen molar-refractivity contribution in [2.75, 3.05) is 5.43 Å². The number of azo groups is 1. The number of hydrogen-bond acceptors (Lipinski definition) is 3. The molecule has 4 aromatic carbocycles. The monoisotopic (exact) mass is 350 g/mol. The molecule has 0 unspecified atom stereocenters. The van der Waals surface area contributed by atoms with Crippen molar-refractivity contribution in [3.63, 3.8) is 0 Å². The number of rotatable bonds is 4. The Labute approximate surface area is 157 Å². The van der Waals surface area contributed by atoms with E-state index in [1.54, 1.807) is 0 Å². The van der Waals surface area contributed by atoms with Crippen LogP contribution in [0.1, 0.15) is 5.56 Å². The Bertz CT molecular complexity index is 1090. The maximum absolute atomic E-state index is 4.49. The fourth-order valence-electron chi connectivity index (χ4n) is 2.71. The molecule has 27 heavy (non-hydrogen) atoms. The number of hydrazone groups is 1. The molecule has 4 aromatic rings. The highest BCUT2D eigenvalue weighted by atomic mass is 15.3. The van der Waals surface area contributed by atoms with Crippen molar-refractivity contribution in [3.8, 4) is 0 Å². The summed E-state index contributed by atoms with van der Waals surface area (Å²) in [7, 11) is 0. The second kappa shape index (κ2) is 8.06. The Morgan fingerprint density at radius 1 is 0.630 bits per heavy atom. The number of fused-ring (bicyclic) bond motifs is 1. The molecular formula is C23H18N4. The van der Waals surface area contributed by atoms with Crippen molar-refractivity contribution in [2.24, 2.45) is 15.3 Å². The van der Waals surface area contributed by atoms with Crippen molar-refractivity contribution in [3.05, 3.63) is 109 Å². The number of hydrogen-bond donors (Lipinski definition) is 1. The van der Waals surface area contributed by atoms with Crippen molar-refractivity contribution in [2.45, 2.75) is 0 Å². The highest BCUT2D eigenvalue weighted by Crippen LogP contribution is 2.19. The van der Waals surface area contributed by atoms with E-state index in [2.05, 4.69) is 45.0 Å². The minimum absolute atomic E-state index is 0.521. The summed E-state index contributed by atoms with van der Waals surface area (Å²) in [6.07, 6.45) is 0. The molecule has 0 bridgehead atoms. The highest BCUT2D eigenvalue weighted by Gasteiger charge is 2.03. The van der Waals surface area contributed by atoms with Crippen LogP contribution in [0.3, 0.4) is 0 Å². The lowest BCUT2D eigenvalue weighted by atomic mass is 10.1. The molecule has 0 aliphatic carbocycles. The molecule has 1 N–H and O–H groups in total. The van der Waals surface area contributed by atoms with Crippen LogP contribution in [0.25, 0.3) is 10.8 Å². The summed E-state index contributed by atoms with van der Waals surface area (Å²) in [4.78, 5) is 0. The topological polar surface area (TPSA) is 49.1 Å². The minimum Gasteiger partial charge on any atom is -0.276 e. The van der Waals surface area contributed by atoms with Crippen LogP contribution in [0.4, 0.5) is 11.4 Å². The van der Waals surface area contributed by atoms with Crippen LogP contribution in [-0.2, 0) is 0 Å². The van der Waals surface area contributed by atoms with Crippen LogP contribution in [0.15, 0.2) is 118 Å². The van der Waals surface area contributed by atoms with E-state index in [1.165, 1.54) is 5.39 Å². The minimum atomic E-state index is 0.521. The van der Waals surface area contributed by atoms with Gasteiger partial charge in [-0.2, -0.15) is 5.10 Å². The molecule has 0 aliphatic rings. The molecule has 130 valence electrons. The first-order valence-electron chi connectivity index (χ1n) is 8.73. The Morgan fingerprint density at radius 2 is 1.30 bits per heavy atom. The lowest BCUT2D eigenvalue weighted by Crippen LogP contribution is -2.01. The van der Waals surface area contributed by atoms with Crippen LogP contribution in [0, 0.1) is 0 Å². The standard InChI is InChI=1S/C23H18N4/c1-3-10-19(11-4-1)23(26-24-21-13-5-2-6-14-21)27-25-22-16-15-18-9-7-8-12-20(18)17-22/h1-17,25H/b26-24?,27-23+. The molecule has 4 heteroatoms. The quantitative estimate of drug-likeness (QED) is 0.197. The van der Waals surface area contributed by atoms with E-state index in [9.17, 15) is 0 Å². The molecule has 0 radical (unpaired) electrons. The first-order chi connectivity index (χ1) is 13.4. The zero-order chi connectivity index (χ0) is 18.3. The highest BCUT2D eigenvalue weighted by molar-refractivity contribution is 5.99. The van der Waals surface area contributed by atoms with E-state index in [0.717, 1.165) is 22.3 Å². The van der Waals surface area contributed by atoms with Gasteiger partial charge in [-0.05, 0) is 35.0 Å². The Hall–Kier alpha value is -3.79. The normalized spacial score (nSPS) is 11.8. The fourth-order valence-corrected chi connectivity index (χ4v) is 2.71. The smallest absolute Gasteiger partial charge is 0.201 e. The molecule has 0 fully saturated rings. The summed E-state index contributed by atoms with van der Waals surface area (Å²) in [5.41, 5.74) is 5.68. The number of nitrogens with one attached hydrogen (secondary N) is 1. The molecule has 4 nitrogen and oxygen atoms in total. The third-order valence-electron chi connectivity index (χ3n) is 4.09. The number of benzene rings is 4. The predicted molar refractivity (Wildman–Crippen MR) is 112 cm³/mol. The van der Waals surface area contributed by atoms with Crippen LogP contribution >= 0.6 is 0 Å². The maximum atomic E-state index is 4.49. The molecule has 0 amide bonds. The van der Waals surface area contributed by atoms with E-state index < -0.39 is 0 Å². The Balaban J connectivity index is 1.63. The van der Waals surface area contributed by atoms with Crippen molar-refractivity contribution < 1.29 is 0 Å². The van der Waals surface area contributed by atoms with Gasteiger partial charge in [-0.25, -0.2) is 0 Å². The zero-order valence-electron chi connectivity index (χ0n) is 14.7. The van der Waals surface area contributed by atoms with Gasteiger partial charge in [0.25, 0.3) is 0 Å². The van der Waals surface area contributed by atoms with E-state index in [0.29, 0.717) is 5.84 Å². The molecular weight excluding hydrogens is 332 g/mol. The van der Waals surface area contributed by atoms with E-state index in [4.69, 9.17) is 0 Å². The van der Waals surface area contributed by atoms with E-state index in [-0.39, 0.29) is 0 Å². The van der Waals surface area contributed by atoms with Gasteiger partial charge in [-0.3, -0.25) is 5.43 Å². The van der Waals surface area contributed by atoms with Gasteiger partial charge in [0.2, 0.25) is 5.84 Å². The average molecular weight is 350 g/mol. The predicted octanol–water partition coefficient (Wildman–Crippen LogP) is 6.40. The SMILES string of the molecule is c1ccc(N=N/C(=N/Nc2ccc3ccccc3c2)c2ccccc2)cc1. The molecule has 0 aliphatic heterocycles. The lowest BCUT2D eigenvalue weighted by Gasteiger charge is -2.05. The summed E-state index contributed by atoms with van der Waals surface area (Å²) >= 11 is 0. The van der Waals surface area contributed by atoms with Gasteiger partial charge < -0.3 is 0 Å². The summed E-state index contributed by atoms with van der Waals surface area (Å²) in [6, 6.07) is 33.8. The van der Waals surface area contributed by atoms with Crippen molar-refractivity contribution in [1.82, 2.24) is 0 Å². The molecule has 0 saturated carbocycles. The van der Waals surface area contributed by atoms with E-state index >= 15 is 0 Å². The number of nitrogens with zero attached hydrogens (tertiary/aromatic N) is 3. The van der Waals surface area contributed by atoms with Crippen LogP contribution in [0.5, 0.6) is 0 Å². The van der Waals surface area contributed by atoms with Gasteiger partial charge in [0.15, 0.2) is 0 Å². The van der Waals surface area contributed by atoms with E-state index in [1.807, 2.05) is 78.9 Å². The molecule has 0 saturated heterocycles. The summed E-state index contributed by atoms with van der Waals surface area (Å²) < 4.78 is 0. The Morgan fingerprint density at radius 3 is 2.07 bits per heavy atom. The van der Waals surface area contributed by atoms with Crippen LogP contribution < -0.4 is 5.43 Å². The fraction of sp³-hybridized carbons (Fsp3) is 0. The van der Waals surface area contributed by atoms with Gasteiger partial charge >= 0.3 is 0 Å². The first kappa shape index (κ1) is 16.7. The number of anilines is 1. The largest absolute Gasteiger partial charge is 0.276 e. The summed E-state index contributed by atoms with van der Waals surface area (Å²) in [5.74, 6) is 0.521. The molecule has 0 aromatic heterocycles. The van der Waals surface area contributed by atoms with Gasteiger partial charge in [-0.1, -0.05) is 78.9 Å². The third kappa shape index (κ3) is 4.25.